The zero-order valence-electron chi connectivity index (χ0n) is 18.8. The number of aromatic nitrogens is 1. The van der Waals surface area contributed by atoms with E-state index in [2.05, 4.69) is 5.16 Å². The molecule has 174 valence electrons. The van der Waals surface area contributed by atoms with Gasteiger partial charge in [-0.3, -0.25) is 9.59 Å². The topological polar surface area (TPSA) is 110 Å². The predicted octanol–water partition coefficient (Wildman–Crippen LogP) is 2.45. The number of sulfonamides is 1. The summed E-state index contributed by atoms with van der Waals surface area (Å²) in [5, 5.41) is 3.72. The summed E-state index contributed by atoms with van der Waals surface area (Å²) in [6.07, 6.45) is 0.651. The van der Waals surface area contributed by atoms with Crippen molar-refractivity contribution in [1.82, 2.24) is 14.4 Å². The molecule has 9 nitrogen and oxygen atoms in total. The molecule has 10 heteroatoms. The maximum absolute atomic E-state index is 12.9. The van der Waals surface area contributed by atoms with Crippen molar-refractivity contribution in [3.05, 3.63) is 47.3 Å². The van der Waals surface area contributed by atoms with Gasteiger partial charge in [0.1, 0.15) is 10.6 Å². The molecule has 1 atom stereocenters. The Morgan fingerprint density at radius 3 is 2.41 bits per heavy atom. The molecule has 0 aliphatic carbocycles. The molecule has 1 amide bonds. The second kappa shape index (κ2) is 9.83. The minimum Gasteiger partial charge on any atom is -0.455 e. The van der Waals surface area contributed by atoms with E-state index in [4.69, 9.17) is 9.26 Å². The van der Waals surface area contributed by atoms with E-state index in [0.29, 0.717) is 18.5 Å². The van der Waals surface area contributed by atoms with Gasteiger partial charge in [0.2, 0.25) is 10.0 Å². The third kappa shape index (κ3) is 5.02. The second-order valence-electron chi connectivity index (χ2n) is 8.03. The van der Waals surface area contributed by atoms with Crippen LogP contribution in [0.25, 0.3) is 0 Å². The van der Waals surface area contributed by atoms with Crippen molar-refractivity contribution >= 4 is 21.9 Å². The van der Waals surface area contributed by atoms with Gasteiger partial charge in [0.15, 0.2) is 12.4 Å². The van der Waals surface area contributed by atoms with E-state index in [9.17, 15) is 18.0 Å². The number of likely N-dealkylation sites (N-methyl/N-ethyl adjacent to an activating group) is 1. The maximum Gasteiger partial charge on any atom is 0.309 e. The van der Waals surface area contributed by atoms with Crippen LogP contribution in [0.4, 0.5) is 0 Å². The van der Waals surface area contributed by atoms with Crippen LogP contribution in [-0.2, 0) is 24.3 Å². The smallest absolute Gasteiger partial charge is 0.309 e. The van der Waals surface area contributed by atoms with Crippen molar-refractivity contribution in [2.24, 2.45) is 5.92 Å². The average Bonchev–Trinajstić information content (AvgIpc) is 3.15. The van der Waals surface area contributed by atoms with Crippen LogP contribution in [0.2, 0.25) is 0 Å². The van der Waals surface area contributed by atoms with Crippen LogP contribution in [0.15, 0.2) is 39.8 Å². The third-order valence-electron chi connectivity index (χ3n) is 5.95. The van der Waals surface area contributed by atoms with Crippen molar-refractivity contribution in [1.29, 1.82) is 0 Å². The summed E-state index contributed by atoms with van der Waals surface area (Å²) in [4.78, 5) is 26.6. The average molecular weight is 464 g/mol. The van der Waals surface area contributed by atoms with Crippen LogP contribution in [0.5, 0.6) is 0 Å². The first kappa shape index (κ1) is 23.9. The Labute approximate surface area is 188 Å². The molecule has 2 aromatic rings. The number of amides is 1. The fourth-order valence-corrected chi connectivity index (χ4v) is 5.59. The number of carbonyl (C=O) groups is 2. The largest absolute Gasteiger partial charge is 0.455 e. The number of carbonyl (C=O) groups excluding carboxylic acids is 2. The van der Waals surface area contributed by atoms with Gasteiger partial charge in [0, 0.05) is 20.1 Å². The van der Waals surface area contributed by atoms with Crippen LogP contribution in [0.3, 0.4) is 0 Å². The normalized spacial score (nSPS) is 16.5. The highest BCUT2D eigenvalue weighted by molar-refractivity contribution is 7.89. The first-order valence-electron chi connectivity index (χ1n) is 10.5. The molecule has 32 heavy (non-hydrogen) atoms. The Kier molecular flexibility index (Phi) is 7.35. The SMILES string of the molecule is Cc1noc(C)c1S(=O)(=O)N1CCC(C(=O)OCC(=O)N(C)C(C)c2ccccc2)CC1. The molecular weight excluding hydrogens is 434 g/mol. The highest BCUT2D eigenvalue weighted by Gasteiger charge is 2.36. The first-order chi connectivity index (χ1) is 15.1. The number of hydrogen-bond acceptors (Lipinski definition) is 7. The van der Waals surface area contributed by atoms with Gasteiger partial charge < -0.3 is 14.2 Å². The van der Waals surface area contributed by atoms with Gasteiger partial charge in [0.05, 0.1) is 12.0 Å². The molecular formula is C22H29N3O6S. The van der Waals surface area contributed by atoms with E-state index in [1.54, 1.807) is 25.8 Å². The quantitative estimate of drug-likeness (QED) is 0.580. The molecule has 0 N–H and O–H groups in total. The second-order valence-corrected chi connectivity index (χ2v) is 9.91. The van der Waals surface area contributed by atoms with Crippen molar-refractivity contribution in [3.8, 4) is 0 Å². The Bertz CT molecular complexity index is 1040. The molecule has 1 aliphatic heterocycles. The number of benzene rings is 1. The molecule has 0 saturated carbocycles. The zero-order chi connectivity index (χ0) is 23.5. The van der Waals surface area contributed by atoms with Gasteiger partial charge in [-0.1, -0.05) is 35.5 Å². The van der Waals surface area contributed by atoms with Crippen molar-refractivity contribution in [2.45, 2.75) is 44.6 Å². The highest BCUT2D eigenvalue weighted by atomic mass is 32.2. The van der Waals surface area contributed by atoms with Crippen LogP contribution < -0.4 is 0 Å². The summed E-state index contributed by atoms with van der Waals surface area (Å²) in [6.45, 7) is 5.08. The Hall–Kier alpha value is -2.72. The number of aryl methyl sites for hydroxylation is 2. The molecule has 0 bridgehead atoms. The third-order valence-corrected chi connectivity index (χ3v) is 8.09. The highest BCUT2D eigenvalue weighted by Crippen LogP contribution is 2.28. The van der Waals surface area contributed by atoms with Crippen molar-refractivity contribution in [3.63, 3.8) is 0 Å². The number of hydrogen-bond donors (Lipinski definition) is 0. The number of piperidine rings is 1. The van der Waals surface area contributed by atoms with Crippen LogP contribution >= 0.6 is 0 Å². The van der Waals surface area contributed by atoms with Crippen LogP contribution in [0.1, 0.15) is 42.8 Å². The number of nitrogens with zero attached hydrogens (tertiary/aromatic N) is 3. The van der Waals surface area contributed by atoms with E-state index in [1.807, 2.05) is 37.3 Å². The van der Waals surface area contributed by atoms with Crippen LogP contribution in [-0.4, -0.2) is 61.4 Å². The molecule has 1 unspecified atom stereocenters. The summed E-state index contributed by atoms with van der Waals surface area (Å²) in [6, 6.07) is 9.44. The van der Waals surface area contributed by atoms with Gasteiger partial charge in [-0.2, -0.15) is 4.31 Å². The summed E-state index contributed by atoms with van der Waals surface area (Å²) in [7, 11) is -2.07. The lowest BCUT2D eigenvalue weighted by molar-refractivity contribution is -0.156. The minimum atomic E-state index is -3.74. The van der Waals surface area contributed by atoms with Gasteiger partial charge in [0.25, 0.3) is 5.91 Å². The standard InChI is InChI=1S/C22H29N3O6S/c1-15-21(17(3)31-23-15)32(28,29)25-12-10-19(11-13-25)22(27)30-14-20(26)24(4)16(2)18-8-6-5-7-9-18/h5-9,16,19H,10-14H2,1-4H3. The fourth-order valence-electron chi connectivity index (χ4n) is 3.83. The summed E-state index contributed by atoms with van der Waals surface area (Å²) < 4.78 is 37.4. The van der Waals surface area contributed by atoms with Crippen LogP contribution in [0, 0.1) is 19.8 Å². The molecule has 0 radical (unpaired) electrons. The maximum atomic E-state index is 12.9. The number of rotatable bonds is 7. The van der Waals surface area contributed by atoms with Gasteiger partial charge >= 0.3 is 5.97 Å². The molecule has 1 aromatic heterocycles. The van der Waals surface area contributed by atoms with E-state index in [1.165, 1.54) is 4.31 Å². The van der Waals surface area contributed by atoms with Gasteiger partial charge in [-0.15, -0.1) is 0 Å². The fraction of sp³-hybridized carbons (Fsp3) is 0.500. The number of ether oxygens (including phenoxy) is 1. The Morgan fingerprint density at radius 1 is 1.22 bits per heavy atom. The summed E-state index contributed by atoms with van der Waals surface area (Å²) in [5.74, 6) is -0.978. The molecule has 1 aromatic carbocycles. The first-order valence-corrected chi connectivity index (χ1v) is 12.0. The molecule has 2 heterocycles. The van der Waals surface area contributed by atoms with E-state index < -0.39 is 21.9 Å². The van der Waals surface area contributed by atoms with Gasteiger partial charge in [-0.25, -0.2) is 8.42 Å². The predicted molar refractivity (Wildman–Crippen MR) is 116 cm³/mol. The molecule has 1 fully saturated rings. The molecule has 0 spiro atoms. The van der Waals surface area contributed by atoms with Crippen molar-refractivity contribution in [2.75, 3.05) is 26.7 Å². The lowest BCUT2D eigenvalue weighted by atomic mass is 9.98. The lowest BCUT2D eigenvalue weighted by Gasteiger charge is -2.30. The Morgan fingerprint density at radius 2 is 1.84 bits per heavy atom. The lowest BCUT2D eigenvalue weighted by Crippen LogP contribution is -2.41. The van der Waals surface area contributed by atoms with Gasteiger partial charge in [-0.05, 0) is 39.2 Å². The molecule has 1 saturated heterocycles. The number of esters is 1. The van der Waals surface area contributed by atoms with E-state index >= 15 is 0 Å². The minimum absolute atomic E-state index is 0.0831. The molecule has 1 aliphatic rings. The Balaban J connectivity index is 1.51. The van der Waals surface area contributed by atoms with E-state index in [0.717, 1.165) is 5.56 Å². The van der Waals surface area contributed by atoms with Crippen molar-refractivity contribution < 1.29 is 27.3 Å². The summed E-state index contributed by atoms with van der Waals surface area (Å²) >= 11 is 0. The summed E-state index contributed by atoms with van der Waals surface area (Å²) in [5.41, 5.74) is 1.30. The zero-order valence-corrected chi connectivity index (χ0v) is 19.6. The monoisotopic (exact) mass is 463 g/mol. The van der Waals surface area contributed by atoms with E-state index in [-0.39, 0.29) is 42.3 Å². The molecule has 3 rings (SSSR count).